The van der Waals surface area contributed by atoms with Gasteiger partial charge in [-0.25, -0.2) is 9.59 Å². The van der Waals surface area contributed by atoms with E-state index < -0.39 is 11.7 Å². The maximum absolute atomic E-state index is 11.8. The number of aromatic carboxylic acids is 1. The van der Waals surface area contributed by atoms with Crippen molar-refractivity contribution in [1.82, 2.24) is 4.90 Å². The first-order chi connectivity index (χ1) is 8.51. The first-order valence-corrected chi connectivity index (χ1v) is 5.62. The Morgan fingerprint density at radius 3 is 2.39 bits per heavy atom. The zero-order chi connectivity index (χ0) is 13.7. The van der Waals surface area contributed by atoms with Crippen LogP contribution in [0.25, 0.3) is 0 Å². The van der Waals surface area contributed by atoms with Crippen LogP contribution in [-0.4, -0.2) is 40.2 Å². The topological polar surface area (TPSA) is 89.9 Å². The van der Waals surface area contributed by atoms with Crippen molar-refractivity contribution < 1.29 is 19.8 Å². The molecule has 0 saturated heterocycles. The van der Waals surface area contributed by atoms with Crippen LogP contribution in [0.4, 0.5) is 10.5 Å². The Hall–Kier alpha value is -2.24. The number of carboxylic acids is 1. The molecule has 3 N–H and O–H groups in total. The Kier molecular flexibility index (Phi) is 4.53. The van der Waals surface area contributed by atoms with Gasteiger partial charge in [-0.15, -0.1) is 0 Å². The number of rotatable bonds is 4. The Balaban J connectivity index is 2.95. The minimum Gasteiger partial charge on any atom is -0.505 e. The van der Waals surface area contributed by atoms with Crippen molar-refractivity contribution >= 4 is 17.7 Å². The van der Waals surface area contributed by atoms with Crippen LogP contribution in [-0.2, 0) is 0 Å². The van der Waals surface area contributed by atoms with Crippen LogP contribution in [0.5, 0.6) is 5.75 Å². The van der Waals surface area contributed by atoms with E-state index in [0.717, 1.165) is 0 Å². The first kappa shape index (κ1) is 13.8. The highest BCUT2D eigenvalue weighted by Crippen LogP contribution is 2.27. The van der Waals surface area contributed by atoms with E-state index in [1.807, 2.05) is 13.8 Å². The highest BCUT2D eigenvalue weighted by molar-refractivity contribution is 5.97. The lowest BCUT2D eigenvalue weighted by atomic mass is 10.1. The highest BCUT2D eigenvalue weighted by Gasteiger charge is 2.16. The van der Waals surface area contributed by atoms with Gasteiger partial charge in [0.1, 0.15) is 5.56 Å². The van der Waals surface area contributed by atoms with Gasteiger partial charge in [0.05, 0.1) is 5.69 Å². The van der Waals surface area contributed by atoms with Crippen LogP contribution in [0.15, 0.2) is 18.2 Å². The average Bonchev–Trinajstić information content (AvgIpc) is 2.33. The molecule has 1 rings (SSSR count). The van der Waals surface area contributed by atoms with E-state index >= 15 is 0 Å². The summed E-state index contributed by atoms with van der Waals surface area (Å²) in [6, 6.07) is 3.80. The number of carbonyl (C=O) groups excluding carboxylic acids is 1. The Bertz CT molecular complexity index is 455. The van der Waals surface area contributed by atoms with Crippen molar-refractivity contribution in [2.24, 2.45) is 0 Å². The number of nitrogens with one attached hydrogen (secondary N) is 1. The van der Waals surface area contributed by atoms with Crippen LogP contribution in [0.3, 0.4) is 0 Å². The minimum absolute atomic E-state index is 0.0896. The van der Waals surface area contributed by atoms with Crippen molar-refractivity contribution in [3.8, 4) is 5.75 Å². The summed E-state index contributed by atoms with van der Waals surface area (Å²) in [5.41, 5.74) is -0.154. The number of urea groups is 1. The molecule has 0 spiro atoms. The number of anilines is 1. The summed E-state index contributed by atoms with van der Waals surface area (Å²) in [4.78, 5) is 24.1. The van der Waals surface area contributed by atoms with E-state index in [9.17, 15) is 14.7 Å². The summed E-state index contributed by atoms with van der Waals surface area (Å²) in [6.45, 7) is 4.72. The van der Waals surface area contributed by atoms with Crippen LogP contribution in [0, 0.1) is 0 Å². The number of amides is 2. The molecular formula is C12H16N2O4. The van der Waals surface area contributed by atoms with Gasteiger partial charge in [0.25, 0.3) is 0 Å². The van der Waals surface area contributed by atoms with Crippen molar-refractivity contribution in [3.63, 3.8) is 0 Å². The number of benzene rings is 1. The SMILES string of the molecule is CCN(CC)C(=O)Nc1cccc(C(=O)O)c1O. The normalized spacial score (nSPS) is 9.89. The lowest BCUT2D eigenvalue weighted by Crippen LogP contribution is -2.34. The summed E-state index contributed by atoms with van der Waals surface area (Å²) < 4.78 is 0. The van der Waals surface area contributed by atoms with Crippen molar-refractivity contribution in [1.29, 1.82) is 0 Å². The molecule has 2 amide bonds. The molecule has 1 aromatic carbocycles. The number of hydrogen-bond donors (Lipinski definition) is 3. The lowest BCUT2D eigenvalue weighted by Gasteiger charge is -2.19. The van der Waals surface area contributed by atoms with Gasteiger partial charge in [-0.2, -0.15) is 0 Å². The Labute approximate surface area is 105 Å². The summed E-state index contributed by atoms with van der Waals surface area (Å²) in [7, 11) is 0. The largest absolute Gasteiger partial charge is 0.505 e. The van der Waals surface area contributed by atoms with Gasteiger partial charge in [0.2, 0.25) is 0 Å². The molecule has 0 saturated carbocycles. The second-order valence-electron chi connectivity index (χ2n) is 3.61. The second-order valence-corrected chi connectivity index (χ2v) is 3.61. The van der Waals surface area contributed by atoms with Gasteiger partial charge in [-0.1, -0.05) is 6.07 Å². The second kappa shape index (κ2) is 5.90. The number of nitrogens with zero attached hydrogens (tertiary/aromatic N) is 1. The number of carboxylic acid groups (broad SMARTS) is 1. The molecular weight excluding hydrogens is 236 g/mol. The lowest BCUT2D eigenvalue weighted by molar-refractivity contribution is 0.0693. The summed E-state index contributed by atoms with van der Waals surface area (Å²) in [5.74, 6) is -1.68. The molecule has 98 valence electrons. The number of aromatic hydroxyl groups is 1. The Morgan fingerprint density at radius 2 is 1.89 bits per heavy atom. The first-order valence-electron chi connectivity index (χ1n) is 5.62. The van der Waals surface area contributed by atoms with E-state index in [0.29, 0.717) is 13.1 Å². The number of phenols is 1. The number of hydrogen-bond acceptors (Lipinski definition) is 3. The van der Waals surface area contributed by atoms with Crippen LogP contribution in [0.1, 0.15) is 24.2 Å². The van der Waals surface area contributed by atoms with Gasteiger partial charge in [-0.3, -0.25) is 0 Å². The van der Waals surface area contributed by atoms with Gasteiger partial charge in [0.15, 0.2) is 5.75 Å². The van der Waals surface area contributed by atoms with E-state index in [1.54, 1.807) is 0 Å². The third-order valence-electron chi connectivity index (χ3n) is 2.56. The van der Waals surface area contributed by atoms with Gasteiger partial charge in [0, 0.05) is 13.1 Å². The quantitative estimate of drug-likeness (QED) is 0.714. The molecule has 6 nitrogen and oxygen atoms in total. The predicted molar refractivity (Wildman–Crippen MR) is 67.0 cm³/mol. The molecule has 0 aliphatic carbocycles. The summed E-state index contributed by atoms with van der Waals surface area (Å²) >= 11 is 0. The van der Waals surface area contributed by atoms with Crippen molar-refractivity contribution in [3.05, 3.63) is 23.8 Å². The van der Waals surface area contributed by atoms with Gasteiger partial charge >= 0.3 is 12.0 Å². The fourth-order valence-electron chi connectivity index (χ4n) is 1.52. The molecule has 0 fully saturated rings. The molecule has 0 radical (unpaired) electrons. The molecule has 18 heavy (non-hydrogen) atoms. The molecule has 1 aromatic rings. The van der Waals surface area contributed by atoms with Gasteiger partial charge in [-0.05, 0) is 26.0 Å². The zero-order valence-corrected chi connectivity index (χ0v) is 10.3. The smallest absolute Gasteiger partial charge is 0.339 e. The maximum Gasteiger partial charge on any atom is 0.339 e. The standard InChI is InChI=1S/C12H16N2O4/c1-3-14(4-2)12(18)13-9-7-5-6-8(10(9)15)11(16)17/h5-7,15H,3-4H2,1-2H3,(H,13,18)(H,16,17). The minimum atomic E-state index is -1.24. The third-order valence-corrected chi connectivity index (χ3v) is 2.56. The highest BCUT2D eigenvalue weighted by atomic mass is 16.4. The van der Waals surface area contributed by atoms with Crippen LogP contribution < -0.4 is 5.32 Å². The van der Waals surface area contributed by atoms with E-state index in [4.69, 9.17) is 5.11 Å². The molecule has 0 bridgehead atoms. The Morgan fingerprint density at radius 1 is 1.28 bits per heavy atom. The predicted octanol–water partition coefficient (Wildman–Crippen LogP) is 1.96. The van der Waals surface area contributed by atoms with E-state index in [2.05, 4.69) is 5.32 Å². The summed E-state index contributed by atoms with van der Waals surface area (Å²) in [5, 5.41) is 21.0. The molecule has 0 aliphatic rings. The van der Waals surface area contributed by atoms with Gasteiger partial charge < -0.3 is 20.4 Å². The van der Waals surface area contributed by atoms with Crippen LogP contribution >= 0.6 is 0 Å². The third kappa shape index (κ3) is 2.91. The maximum atomic E-state index is 11.8. The fourth-order valence-corrected chi connectivity index (χ4v) is 1.52. The molecule has 0 atom stereocenters. The zero-order valence-electron chi connectivity index (χ0n) is 10.3. The monoisotopic (exact) mass is 252 g/mol. The van der Waals surface area contributed by atoms with Crippen molar-refractivity contribution in [2.45, 2.75) is 13.8 Å². The number of carbonyl (C=O) groups is 2. The number of para-hydroxylation sites is 1. The molecule has 0 heterocycles. The van der Waals surface area contributed by atoms with E-state index in [1.165, 1.54) is 23.1 Å². The average molecular weight is 252 g/mol. The summed E-state index contributed by atoms with van der Waals surface area (Å²) in [6.07, 6.45) is 0. The van der Waals surface area contributed by atoms with E-state index in [-0.39, 0.29) is 17.3 Å². The van der Waals surface area contributed by atoms with Crippen LogP contribution in [0.2, 0.25) is 0 Å². The van der Waals surface area contributed by atoms with Crippen molar-refractivity contribution in [2.75, 3.05) is 18.4 Å². The fraction of sp³-hybridized carbons (Fsp3) is 0.333. The molecule has 6 heteroatoms. The molecule has 0 aromatic heterocycles. The molecule has 0 unspecified atom stereocenters. The molecule has 0 aliphatic heterocycles.